The Labute approximate surface area is 116 Å². The maximum atomic E-state index is 4.39. The van der Waals surface area contributed by atoms with Crippen molar-refractivity contribution in [2.24, 2.45) is 7.05 Å². The van der Waals surface area contributed by atoms with Gasteiger partial charge in [-0.1, -0.05) is 13.8 Å². The Morgan fingerprint density at radius 1 is 1.39 bits per heavy atom. The molecule has 0 aliphatic rings. The van der Waals surface area contributed by atoms with Crippen LogP contribution in [0.5, 0.6) is 0 Å². The van der Waals surface area contributed by atoms with Gasteiger partial charge in [0.15, 0.2) is 0 Å². The lowest BCUT2D eigenvalue weighted by Crippen LogP contribution is -2.32. The first-order chi connectivity index (χ1) is 8.77. The summed E-state index contributed by atoms with van der Waals surface area (Å²) in [6, 6.07) is 0.623. The number of hydrogen-bond acceptors (Lipinski definition) is 3. The standard InChI is InChI=1S/C14H27N3S/c1-4-8-15-13(12-18-11-5-2)6-7-14-16-9-10-17(14)3/h9-10,13,15H,4-8,11-12H2,1-3H3. The Morgan fingerprint density at radius 3 is 2.83 bits per heavy atom. The number of rotatable bonds is 10. The second kappa shape index (κ2) is 9.45. The molecule has 0 aromatic carbocycles. The van der Waals surface area contributed by atoms with E-state index in [0.717, 1.165) is 13.0 Å². The second-order valence-electron chi connectivity index (χ2n) is 4.72. The van der Waals surface area contributed by atoms with E-state index < -0.39 is 0 Å². The van der Waals surface area contributed by atoms with Crippen molar-refractivity contribution < 1.29 is 0 Å². The molecule has 1 heterocycles. The normalized spacial score (nSPS) is 12.8. The van der Waals surface area contributed by atoms with Crippen molar-refractivity contribution in [2.75, 3.05) is 18.1 Å². The molecule has 1 aromatic rings. The van der Waals surface area contributed by atoms with Gasteiger partial charge in [-0.3, -0.25) is 0 Å². The van der Waals surface area contributed by atoms with Crippen LogP contribution in [-0.2, 0) is 13.5 Å². The Bertz CT molecular complexity index is 312. The highest BCUT2D eigenvalue weighted by atomic mass is 32.2. The minimum atomic E-state index is 0.623. The molecule has 18 heavy (non-hydrogen) atoms. The predicted molar refractivity (Wildman–Crippen MR) is 81.2 cm³/mol. The van der Waals surface area contributed by atoms with Crippen LogP contribution in [0.15, 0.2) is 12.4 Å². The number of imidazole rings is 1. The van der Waals surface area contributed by atoms with Crippen molar-refractivity contribution in [3.05, 3.63) is 18.2 Å². The molecule has 1 aromatic heterocycles. The Kier molecular flexibility index (Phi) is 8.18. The van der Waals surface area contributed by atoms with E-state index in [1.807, 2.05) is 12.4 Å². The van der Waals surface area contributed by atoms with E-state index in [9.17, 15) is 0 Å². The molecule has 0 saturated carbocycles. The molecule has 104 valence electrons. The third-order valence-corrected chi connectivity index (χ3v) is 4.32. The summed E-state index contributed by atoms with van der Waals surface area (Å²) in [5.74, 6) is 3.68. The summed E-state index contributed by atoms with van der Waals surface area (Å²) >= 11 is 2.06. The van der Waals surface area contributed by atoms with Gasteiger partial charge in [0.25, 0.3) is 0 Å². The molecule has 0 aliphatic heterocycles. The Balaban J connectivity index is 2.32. The maximum Gasteiger partial charge on any atom is 0.108 e. The average Bonchev–Trinajstić information content (AvgIpc) is 2.78. The number of hydrogen-bond donors (Lipinski definition) is 1. The van der Waals surface area contributed by atoms with Gasteiger partial charge in [-0.15, -0.1) is 0 Å². The lowest BCUT2D eigenvalue weighted by atomic mass is 10.1. The zero-order chi connectivity index (χ0) is 13.2. The van der Waals surface area contributed by atoms with E-state index in [4.69, 9.17) is 0 Å². The molecule has 0 aliphatic carbocycles. The second-order valence-corrected chi connectivity index (χ2v) is 5.87. The number of aryl methyl sites for hydroxylation is 2. The van der Waals surface area contributed by atoms with Crippen LogP contribution >= 0.6 is 11.8 Å². The minimum absolute atomic E-state index is 0.623. The van der Waals surface area contributed by atoms with Crippen LogP contribution in [0.4, 0.5) is 0 Å². The predicted octanol–water partition coefficient (Wildman–Crippen LogP) is 2.86. The number of nitrogens with one attached hydrogen (secondary N) is 1. The molecule has 4 heteroatoms. The van der Waals surface area contributed by atoms with Gasteiger partial charge in [0.05, 0.1) is 0 Å². The fraction of sp³-hybridized carbons (Fsp3) is 0.786. The molecule has 0 radical (unpaired) electrons. The van der Waals surface area contributed by atoms with Crippen LogP contribution in [0.3, 0.4) is 0 Å². The van der Waals surface area contributed by atoms with E-state index in [-0.39, 0.29) is 0 Å². The van der Waals surface area contributed by atoms with Gasteiger partial charge in [0.2, 0.25) is 0 Å². The van der Waals surface area contributed by atoms with Crippen molar-refractivity contribution in [2.45, 2.75) is 45.6 Å². The maximum absolute atomic E-state index is 4.39. The number of nitrogens with zero attached hydrogens (tertiary/aromatic N) is 2. The van der Waals surface area contributed by atoms with Crippen LogP contribution in [0.2, 0.25) is 0 Å². The van der Waals surface area contributed by atoms with Gasteiger partial charge in [0, 0.05) is 37.7 Å². The fourth-order valence-electron chi connectivity index (χ4n) is 1.90. The molecule has 1 rings (SSSR count). The Hall–Kier alpha value is -0.480. The molecule has 1 unspecified atom stereocenters. The van der Waals surface area contributed by atoms with Crippen molar-refractivity contribution in [1.29, 1.82) is 0 Å². The molecule has 0 spiro atoms. The van der Waals surface area contributed by atoms with E-state index in [1.54, 1.807) is 0 Å². The quantitative estimate of drug-likeness (QED) is 0.662. The summed E-state index contributed by atoms with van der Waals surface area (Å²) in [4.78, 5) is 4.39. The van der Waals surface area contributed by atoms with E-state index >= 15 is 0 Å². The zero-order valence-corrected chi connectivity index (χ0v) is 12.8. The number of aromatic nitrogens is 2. The van der Waals surface area contributed by atoms with Gasteiger partial charge in [0.1, 0.15) is 5.82 Å². The van der Waals surface area contributed by atoms with Gasteiger partial charge < -0.3 is 9.88 Å². The van der Waals surface area contributed by atoms with Crippen LogP contribution in [0, 0.1) is 0 Å². The molecular weight excluding hydrogens is 242 g/mol. The molecule has 0 bridgehead atoms. The summed E-state index contributed by atoms with van der Waals surface area (Å²) in [7, 11) is 2.07. The summed E-state index contributed by atoms with van der Waals surface area (Å²) in [6.45, 7) is 5.59. The first-order valence-corrected chi connectivity index (χ1v) is 8.20. The first-order valence-electron chi connectivity index (χ1n) is 7.05. The molecule has 0 fully saturated rings. The minimum Gasteiger partial charge on any atom is -0.338 e. The van der Waals surface area contributed by atoms with E-state index in [0.29, 0.717) is 6.04 Å². The molecule has 1 N–H and O–H groups in total. The molecule has 0 saturated heterocycles. The summed E-state index contributed by atoms with van der Waals surface area (Å²) in [5, 5.41) is 3.65. The zero-order valence-electron chi connectivity index (χ0n) is 12.0. The van der Waals surface area contributed by atoms with Crippen LogP contribution in [0.25, 0.3) is 0 Å². The molecule has 0 amide bonds. The highest BCUT2D eigenvalue weighted by Crippen LogP contribution is 2.10. The van der Waals surface area contributed by atoms with E-state index in [1.165, 1.54) is 36.6 Å². The summed E-state index contributed by atoms with van der Waals surface area (Å²) < 4.78 is 2.12. The Morgan fingerprint density at radius 2 is 2.22 bits per heavy atom. The SMILES string of the molecule is CCCNC(CCc1nccn1C)CSCCC. The van der Waals surface area contributed by atoms with Gasteiger partial charge in [-0.05, 0) is 31.6 Å². The monoisotopic (exact) mass is 269 g/mol. The van der Waals surface area contributed by atoms with Crippen molar-refractivity contribution in [3.63, 3.8) is 0 Å². The van der Waals surface area contributed by atoms with Crippen molar-refractivity contribution in [1.82, 2.24) is 14.9 Å². The molecule has 3 nitrogen and oxygen atoms in total. The van der Waals surface area contributed by atoms with Crippen LogP contribution < -0.4 is 5.32 Å². The third-order valence-electron chi connectivity index (χ3n) is 2.99. The molecule has 1 atom stereocenters. The summed E-state index contributed by atoms with van der Waals surface area (Å²) in [6.07, 6.45) is 8.63. The van der Waals surface area contributed by atoms with Gasteiger partial charge in [-0.2, -0.15) is 11.8 Å². The summed E-state index contributed by atoms with van der Waals surface area (Å²) in [5.41, 5.74) is 0. The van der Waals surface area contributed by atoms with Crippen LogP contribution in [-0.4, -0.2) is 33.6 Å². The number of thioether (sulfide) groups is 1. The lowest BCUT2D eigenvalue weighted by molar-refractivity contribution is 0.511. The van der Waals surface area contributed by atoms with Crippen molar-refractivity contribution >= 4 is 11.8 Å². The average molecular weight is 269 g/mol. The van der Waals surface area contributed by atoms with E-state index in [2.05, 4.69) is 47.5 Å². The lowest BCUT2D eigenvalue weighted by Gasteiger charge is -2.18. The topological polar surface area (TPSA) is 29.9 Å². The van der Waals surface area contributed by atoms with Crippen LogP contribution in [0.1, 0.15) is 38.9 Å². The highest BCUT2D eigenvalue weighted by molar-refractivity contribution is 7.99. The fourth-order valence-corrected chi connectivity index (χ4v) is 2.93. The largest absolute Gasteiger partial charge is 0.338 e. The molecular formula is C14H27N3S. The smallest absolute Gasteiger partial charge is 0.108 e. The first kappa shape index (κ1) is 15.6. The highest BCUT2D eigenvalue weighted by Gasteiger charge is 2.09. The van der Waals surface area contributed by atoms with Gasteiger partial charge >= 0.3 is 0 Å². The van der Waals surface area contributed by atoms with Gasteiger partial charge in [-0.25, -0.2) is 4.98 Å². The third kappa shape index (κ3) is 5.91. The van der Waals surface area contributed by atoms with Crippen molar-refractivity contribution in [3.8, 4) is 0 Å².